The van der Waals surface area contributed by atoms with Gasteiger partial charge in [0, 0.05) is 44.5 Å². The minimum absolute atomic E-state index is 0.303. The van der Waals surface area contributed by atoms with E-state index in [2.05, 4.69) is 44.6 Å². The highest BCUT2D eigenvalue weighted by Crippen LogP contribution is 2.29. The van der Waals surface area contributed by atoms with E-state index in [-0.39, 0.29) is 0 Å². The predicted molar refractivity (Wildman–Crippen MR) is 124 cm³/mol. The quantitative estimate of drug-likeness (QED) is 0.605. The van der Waals surface area contributed by atoms with Crippen molar-refractivity contribution >= 4 is 28.5 Å². The number of ether oxygens (including phenoxy) is 1. The van der Waals surface area contributed by atoms with Gasteiger partial charge in [-0.25, -0.2) is 4.98 Å². The first kappa shape index (κ1) is 21.1. The molecule has 1 saturated carbocycles. The summed E-state index contributed by atoms with van der Waals surface area (Å²) in [4.78, 5) is 12.1. The molecule has 3 aromatic rings. The Balaban J connectivity index is 1.31. The third-order valence-corrected chi connectivity index (χ3v) is 6.57. The molecule has 2 fully saturated rings. The third kappa shape index (κ3) is 4.42. The molecule has 2 aliphatic rings. The molecule has 1 aliphatic heterocycles. The summed E-state index contributed by atoms with van der Waals surface area (Å²) < 4.78 is 9.27. The van der Waals surface area contributed by atoms with E-state index in [4.69, 9.17) is 9.72 Å². The van der Waals surface area contributed by atoms with E-state index in [0.717, 1.165) is 61.7 Å². The van der Waals surface area contributed by atoms with Crippen molar-refractivity contribution in [1.29, 1.82) is 0 Å². The van der Waals surface area contributed by atoms with E-state index in [0.29, 0.717) is 24.1 Å². The fourth-order valence-corrected chi connectivity index (χ4v) is 4.77. The minimum atomic E-state index is 0.303. The van der Waals surface area contributed by atoms with Crippen molar-refractivity contribution in [2.45, 2.75) is 57.7 Å². The standard InChI is InChI=1S/C22H33N9O/c1-15(2)31-14-17(12-24-31)26-22-27-19-13-23-29(3)20(19)21(28-22)25-16-4-6-18(7-5-16)30-8-10-32-11-9-30/h12-16,18H,4-11H2,1-3H3,(H2,25,26,27,28). The molecule has 10 nitrogen and oxygen atoms in total. The first-order valence-electron chi connectivity index (χ1n) is 11.7. The summed E-state index contributed by atoms with van der Waals surface area (Å²) in [5.74, 6) is 1.39. The highest BCUT2D eigenvalue weighted by atomic mass is 16.5. The van der Waals surface area contributed by atoms with E-state index >= 15 is 0 Å². The van der Waals surface area contributed by atoms with Gasteiger partial charge in [0.15, 0.2) is 5.82 Å². The number of nitrogens with zero attached hydrogens (tertiary/aromatic N) is 7. The molecule has 1 saturated heterocycles. The molecule has 0 aromatic carbocycles. The topological polar surface area (TPSA) is 98.0 Å². The number of morpholine rings is 1. The highest BCUT2D eigenvalue weighted by molar-refractivity contribution is 5.87. The molecule has 0 atom stereocenters. The summed E-state index contributed by atoms with van der Waals surface area (Å²) in [5.41, 5.74) is 2.63. The van der Waals surface area contributed by atoms with Gasteiger partial charge in [-0.15, -0.1) is 0 Å². The van der Waals surface area contributed by atoms with Gasteiger partial charge in [-0.3, -0.25) is 14.3 Å². The fourth-order valence-electron chi connectivity index (χ4n) is 4.77. The molecule has 0 amide bonds. The maximum Gasteiger partial charge on any atom is 0.230 e. The number of rotatable bonds is 6. The second kappa shape index (κ2) is 9.03. The van der Waals surface area contributed by atoms with Crippen LogP contribution in [-0.4, -0.2) is 72.8 Å². The normalized spacial score (nSPS) is 22.5. The van der Waals surface area contributed by atoms with Gasteiger partial charge in [-0.2, -0.15) is 15.2 Å². The number of hydrogen-bond donors (Lipinski definition) is 2. The van der Waals surface area contributed by atoms with Crippen molar-refractivity contribution in [1.82, 2.24) is 34.4 Å². The molecule has 0 bridgehead atoms. The van der Waals surface area contributed by atoms with Gasteiger partial charge in [-0.05, 0) is 39.5 Å². The smallest absolute Gasteiger partial charge is 0.230 e. The molecular formula is C22H33N9O. The van der Waals surface area contributed by atoms with Crippen LogP contribution in [0.25, 0.3) is 11.0 Å². The van der Waals surface area contributed by atoms with Crippen molar-refractivity contribution in [3.8, 4) is 0 Å². The van der Waals surface area contributed by atoms with E-state index in [1.54, 1.807) is 12.4 Å². The number of hydrogen-bond acceptors (Lipinski definition) is 8. The van der Waals surface area contributed by atoms with E-state index in [1.165, 1.54) is 12.8 Å². The maximum atomic E-state index is 5.51. The molecule has 0 spiro atoms. The molecule has 3 aromatic heterocycles. The lowest BCUT2D eigenvalue weighted by molar-refractivity contribution is 0.00791. The molecular weight excluding hydrogens is 406 g/mol. The van der Waals surface area contributed by atoms with Crippen molar-refractivity contribution in [3.05, 3.63) is 18.6 Å². The van der Waals surface area contributed by atoms with E-state index < -0.39 is 0 Å². The minimum Gasteiger partial charge on any atom is -0.379 e. The first-order chi connectivity index (χ1) is 15.6. The fraction of sp³-hybridized carbons (Fsp3) is 0.636. The zero-order valence-electron chi connectivity index (χ0n) is 19.2. The average Bonchev–Trinajstić information content (AvgIpc) is 3.42. The van der Waals surface area contributed by atoms with Gasteiger partial charge in [0.05, 0.1) is 31.3 Å². The van der Waals surface area contributed by atoms with Crippen LogP contribution < -0.4 is 10.6 Å². The zero-order chi connectivity index (χ0) is 22.1. The Hall–Kier alpha value is -2.72. The number of nitrogens with one attached hydrogen (secondary N) is 2. The van der Waals surface area contributed by atoms with E-state index in [1.807, 2.05) is 22.6 Å². The summed E-state index contributed by atoms with van der Waals surface area (Å²) >= 11 is 0. The molecule has 0 unspecified atom stereocenters. The lowest BCUT2D eigenvalue weighted by atomic mass is 9.90. The summed E-state index contributed by atoms with van der Waals surface area (Å²) in [6.45, 7) is 8.06. The molecule has 172 valence electrons. The predicted octanol–water partition coefficient (Wildman–Crippen LogP) is 2.94. The van der Waals surface area contributed by atoms with Crippen LogP contribution in [0.3, 0.4) is 0 Å². The van der Waals surface area contributed by atoms with E-state index in [9.17, 15) is 0 Å². The number of aromatic nitrogens is 6. The van der Waals surface area contributed by atoms with Crippen LogP contribution in [0, 0.1) is 0 Å². The maximum absolute atomic E-state index is 5.51. The van der Waals surface area contributed by atoms with Gasteiger partial charge in [0.2, 0.25) is 5.95 Å². The first-order valence-corrected chi connectivity index (χ1v) is 11.7. The Kier molecular flexibility index (Phi) is 5.97. The Morgan fingerprint density at radius 3 is 2.53 bits per heavy atom. The van der Waals surface area contributed by atoms with Crippen LogP contribution in [0.2, 0.25) is 0 Å². The molecule has 5 rings (SSSR count). The second-order valence-electron chi connectivity index (χ2n) is 9.12. The summed E-state index contributed by atoms with van der Waals surface area (Å²) in [6.07, 6.45) is 10.2. The third-order valence-electron chi connectivity index (χ3n) is 6.57. The lowest BCUT2D eigenvalue weighted by Crippen LogP contribution is -2.46. The van der Waals surface area contributed by atoms with Gasteiger partial charge < -0.3 is 15.4 Å². The number of aryl methyl sites for hydroxylation is 1. The Morgan fingerprint density at radius 1 is 1.03 bits per heavy atom. The molecule has 32 heavy (non-hydrogen) atoms. The molecule has 1 aliphatic carbocycles. The van der Waals surface area contributed by atoms with Crippen LogP contribution in [0.1, 0.15) is 45.6 Å². The van der Waals surface area contributed by atoms with Crippen LogP contribution >= 0.6 is 0 Å². The van der Waals surface area contributed by atoms with Crippen molar-refractivity contribution < 1.29 is 4.74 Å². The monoisotopic (exact) mass is 439 g/mol. The van der Waals surface area contributed by atoms with Gasteiger partial charge in [0.25, 0.3) is 0 Å². The van der Waals surface area contributed by atoms with Crippen molar-refractivity contribution in [2.75, 3.05) is 36.9 Å². The van der Waals surface area contributed by atoms with Gasteiger partial charge in [0.1, 0.15) is 11.0 Å². The molecule has 4 heterocycles. The number of anilines is 3. The zero-order valence-corrected chi connectivity index (χ0v) is 19.2. The Morgan fingerprint density at radius 2 is 1.81 bits per heavy atom. The van der Waals surface area contributed by atoms with Gasteiger partial charge in [-0.1, -0.05) is 0 Å². The average molecular weight is 440 g/mol. The molecule has 2 N–H and O–H groups in total. The van der Waals surface area contributed by atoms with Crippen molar-refractivity contribution in [3.63, 3.8) is 0 Å². The summed E-state index contributed by atoms with van der Waals surface area (Å²) in [5, 5.41) is 15.8. The van der Waals surface area contributed by atoms with Crippen LogP contribution in [0.4, 0.5) is 17.5 Å². The van der Waals surface area contributed by atoms with Crippen LogP contribution in [0.5, 0.6) is 0 Å². The van der Waals surface area contributed by atoms with Crippen LogP contribution in [-0.2, 0) is 11.8 Å². The van der Waals surface area contributed by atoms with Crippen LogP contribution in [0.15, 0.2) is 18.6 Å². The molecule has 0 radical (unpaired) electrons. The Bertz CT molecular complexity index is 1050. The second-order valence-corrected chi connectivity index (χ2v) is 9.12. The summed E-state index contributed by atoms with van der Waals surface area (Å²) in [7, 11) is 1.94. The van der Waals surface area contributed by atoms with Gasteiger partial charge >= 0.3 is 0 Å². The largest absolute Gasteiger partial charge is 0.379 e. The SMILES string of the molecule is CC(C)n1cc(Nc2nc(NC3CCC(N4CCOCC4)CC3)c3c(cnn3C)n2)cn1. The molecule has 10 heteroatoms. The Labute approximate surface area is 188 Å². The summed E-state index contributed by atoms with van der Waals surface area (Å²) in [6, 6.07) is 1.38. The van der Waals surface area contributed by atoms with Crippen molar-refractivity contribution in [2.24, 2.45) is 7.05 Å². The lowest BCUT2D eigenvalue weighted by Gasteiger charge is -2.39. The highest BCUT2D eigenvalue weighted by Gasteiger charge is 2.27. The number of fused-ring (bicyclic) bond motifs is 1.